The van der Waals surface area contributed by atoms with Crippen LogP contribution in [0.15, 0.2) is 29.5 Å². The van der Waals surface area contributed by atoms with Crippen molar-refractivity contribution >= 4 is 47.5 Å². The molecule has 1 aromatic rings. The highest BCUT2D eigenvalue weighted by Gasteiger charge is 2.30. The summed E-state index contributed by atoms with van der Waals surface area (Å²) in [5.74, 6) is 0.964. The lowest BCUT2D eigenvalue weighted by Gasteiger charge is -2.28. The molecular weight excluding hydrogens is 329 g/mol. The van der Waals surface area contributed by atoms with Gasteiger partial charge in [-0.15, -0.1) is 36.6 Å². The molecule has 0 radical (unpaired) electrons. The van der Waals surface area contributed by atoms with E-state index in [2.05, 4.69) is 9.98 Å². The molecule has 1 saturated heterocycles. The second kappa shape index (κ2) is 8.61. The minimum atomic E-state index is -0.196. The maximum absolute atomic E-state index is 12.4. The molecular formula is C14H19Cl2N3OS. The fourth-order valence-electron chi connectivity index (χ4n) is 2.47. The van der Waals surface area contributed by atoms with Crippen LogP contribution < -0.4 is 0 Å². The second-order valence-electron chi connectivity index (χ2n) is 4.89. The van der Waals surface area contributed by atoms with Gasteiger partial charge >= 0.3 is 0 Å². The fourth-order valence-corrected chi connectivity index (χ4v) is 3.49. The highest BCUT2D eigenvalue weighted by Crippen LogP contribution is 2.25. The SMILES string of the molecule is Cl.Cl.O=C(C1CSC(c2cccnc2)=N1)N1CCCCC1. The van der Waals surface area contributed by atoms with Crippen LogP contribution in [-0.4, -0.2) is 45.7 Å². The summed E-state index contributed by atoms with van der Waals surface area (Å²) in [5.41, 5.74) is 1.02. The molecule has 0 N–H and O–H groups in total. The molecule has 21 heavy (non-hydrogen) atoms. The summed E-state index contributed by atoms with van der Waals surface area (Å²) in [7, 11) is 0. The minimum absolute atomic E-state index is 0. The monoisotopic (exact) mass is 347 g/mol. The Labute approximate surface area is 141 Å². The molecule has 3 heterocycles. The topological polar surface area (TPSA) is 45.6 Å². The summed E-state index contributed by atoms with van der Waals surface area (Å²) >= 11 is 1.66. The zero-order valence-electron chi connectivity index (χ0n) is 11.6. The smallest absolute Gasteiger partial charge is 0.248 e. The Bertz CT molecular complexity index is 492. The van der Waals surface area contributed by atoms with Gasteiger partial charge in [-0.1, -0.05) is 0 Å². The van der Waals surface area contributed by atoms with Crippen molar-refractivity contribution in [1.82, 2.24) is 9.88 Å². The number of hydrogen-bond donors (Lipinski definition) is 0. The number of thioether (sulfide) groups is 1. The van der Waals surface area contributed by atoms with E-state index in [4.69, 9.17) is 0 Å². The molecule has 0 aliphatic carbocycles. The molecule has 1 unspecified atom stereocenters. The number of nitrogens with zero attached hydrogens (tertiary/aromatic N) is 3. The Kier molecular flexibility index (Phi) is 7.49. The van der Waals surface area contributed by atoms with E-state index in [1.165, 1.54) is 6.42 Å². The lowest BCUT2D eigenvalue weighted by atomic mass is 10.1. The molecule has 0 bridgehead atoms. The maximum Gasteiger partial charge on any atom is 0.248 e. The lowest BCUT2D eigenvalue weighted by Crippen LogP contribution is -2.41. The van der Waals surface area contributed by atoms with Crippen molar-refractivity contribution < 1.29 is 4.79 Å². The first-order chi connectivity index (χ1) is 9.34. The van der Waals surface area contributed by atoms with Gasteiger partial charge in [0.25, 0.3) is 0 Å². The van der Waals surface area contributed by atoms with Crippen LogP contribution in [0.3, 0.4) is 0 Å². The normalized spacial score (nSPS) is 21.0. The number of rotatable bonds is 2. The molecule has 1 fully saturated rings. The van der Waals surface area contributed by atoms with Gasteiger partial charge in [0.2, 0.25) is 5.91 Å². The molecule has 0 spiro atoms. The molecule has 1 atom stereocenters. The Morgan fingerprint density at radius 3 is 2.67 bits per heavy atom. The number of amides is 1. The van der Waals surface area contributed by atoms with E-state index >= 15 is 0 Å². The quantitative estimate of drug-likeness (QED) is 0.826. The van der Waals surface area contributed by atoms with Gasteiger partial charge in [-0.2, -0.15) is 0 Å². The van der Waals surface area contributed by atoms with Crippen LogP contribution in [0.2, 0.25) is 0 Å². The summed E-state index contributed by atoms with van der Waals surface area (Å²) in [6.07, 6.45) is 7.06. The van der Waals surface area contributed by atoms with Gasteiger partial charge in [0.1, 0.15) is 11.1 Å². The number of halogens is 2. The number of hydrogen-bond acceptors (Lipinski definition) is 4. The molecule has 2 aliphatic heterocycles. The average Bonchev–Trinajstić information content (AvgIpc) is 2.98. The standard InChI is InChI=1S/C14H17N3OS.2ClH/c18-14(17-7-2-1-3-8-17)12-10-19-13(16-12)11-5-4-6-15-9-11;;/h4-6,9,12H,1-3,7-8,10H2;2*1H. The van der Waals surface area contributed by atoms with Crippen LogP contribution in [0.4, 0.5) is 0 Å². The van der Waals surface area contributed by atoms with Crippen LogP contribution in [0.1, 0.15) is 24.8 Å². The molecule has 2 aliphatic rings. The van der Waals surface area contributed by atoms with Crippen LogP contribution in [-0.2, 0) is 4.79 Å². The van der Waals surface area contributed by atoms with Crippen molar-refractivity contribution in [1.29, 1.82) is 0 Å². The summed E-state index contributed by atoms with van der Waals surface area (Å²) in [6.45, 7) is 1.80. The number of carbonyl (C=O) groups is 1. The zero-order chi connectivity index (χ0) is 13.1. The first kappa shape index (κ1) is 18.3. The van der Waals surface area contributed by atoms with E-state index in [0.717, 1.165) is 42.3 Å². The summed E-state index contributed by atoms with van der Waals surface area (Å²) in [5, 5.41) is 0.948. The molecule has 116 valence electrons. The third-order valence-corrected chi connectivity index (χ3v) is 4.61. The minimum Gasteiger partial charge on any atom is -0.341 e. The number of pyridine rings is 1. The van der Waals surface area contributed by atoms with Gasteiger partial charge in [-0.05, 0) is 31.4 Å². The molecule has 7 heteroatoms. The van der Waals surface area contributed by atoms with Crippen LogP contribution >= 0.6 is 36.6 Å². The average molecular weight is 348 g/mol. The first-order valence-electron chi connectivity index (χ1n) is 6.74. The summed E-state index contributed by atoms with van der Waals surface area (Å²) in [6, 6.07) is 3.70. The van der Waals surface area contributed by atoms with E-state index in [-0.39, 0.29) is 36.8 Å². The zero-order valence-corrected chi connectivity index (χ0v) is 14.1. The van der Waals surface area contributed by atoms with Gasteiger partial charge in [0.15, 0.2) is 0 Å². The Morgan fingerprint density at radius 2 is 2.00 bits per heavy atom. The maximum atomic E-state index is 12.4. The molecule has 3 rings (SSSR count). The number of aliphatic imine (C=N–C) groups is 1. The summed E-state index contributed by atoms with van der Waals surface area (Å²) < 4.78 is 0. The predicted molar refractivity (Wildman–Crippen MR) is 91.9 cm³/mol. The molecule has 1 amide bonds. The molecule has 4 nitrogen and oxygen atoms in total. The van der Waals surface area contributed by atoms with Gasteiger partial charge in [-0.25, -0.2) is 0 Å². The van der Waals surface area contributed by atoms with Crippen molar-refractivity contribution in [2.75, 3.05) is 18.8 Å². The van der Waals surface area contributed by atoms with Gasteiger partial charge in [0.05, 0.1) is 0 Å². The highest BCUT2D eigenvalue weighted by molar-refractivity contribution is 8.14. The number of piperidine rings is 1. The van der Waals surface area contributed by atoms with Crippen LogP contribution in [0.5, 0.6) is 0 Å². The van der Waals surface area contributed by atoms with Gasteiger partial charge in [-0.3, -0.25) is 14.8 Å². The molecule has 1 aromatic heterocycles. The first-order valence-corrected chi connectivity index (χ1v) is 7.73. The Balaban J connectivity index is 0.00000110. The van der Waals surface area contributed by atoms with Crippen molar-refractivity contribution in [3.63, 3.8) is 0 Å². The molecule has 0 aromatic carbocycles. The predicted octanol–water partition coefficient (Wildman–Crippen LogP) is 2.80. The fraction of sp³-hybridized carbons (Fsp3) is 0.500. The van der Waals surface area contributed by atoms with E-state index in [9.17, 15) is 4.79 Å². The number of aromatic nitrogens is 1. The van der Waals surface area contributed by atoms with Crippen molar-refractivity contribution in [2.24, 2.45) is 4.99 Å². The van der Waals surface area contributed by atoms with E-state index in [1.807, 2.05) is 17.0 Å². The van der Waals surface area contributed by atoms with Crippen molar-refractivity contribution in [3.8, 4) is 0 Å². The van der Waals surface area contributed by atoms with E-state index in [0.29, 0.717) is 0 Å². The number of carbonyl (C=O) groups excluding carboxylic acids is 1. The highest BCUT2D eigenvalue weighted by atomic mass is 35.5. The Morgan fingerprint density at radius 1 is 1.24 bits per heavy atom. The number of likely N-dealkylation sites (tertiary alicyclic amines) is 1. The molecule has 0 saturated carbocycles. The lowest BCUT2D eigenvalue weighted by molar-refractivity contribution is -0.132. The van der Waals surface area contributed by atoms with Gasteiger partial charge in [0, 0.05) is 36.8 Å². The largest absolute Gasteiger partial charge is 0.341 e. The Hall–Kier alpha value is -0.780. The van der Waals surface area contributed by atoms with Gasteiger partial charge < -0.3 is 4.90 Å². The summed E-state index contributed by atoms with van der Waals surface area (Å²) in [4.78, 5) is 23.0. The van der Waals surface area contributed by atoms with E-state index in [1.54, 1.807) is 24.2 Å². The van der Waals surface area contributed by atoms with Crippen molar-refractivity contribution in [3.05, 3.63) is 30.1 Å². The third kappa shape index (κ3) is 4.34. The van der Waals surface area contributed by atoms with Crippen molar-refractivity contribution in [2.45, 2.75) is 25.3 Å². The third-order valence-electron chi connectivity index (χ3n) is 3.51. The van der Waals surface area contributed by atoms with Crippen LogP contribution in [0.25, 0.3) is 0 Å². The second-order valence-corrected chi connectivity index (χ2v) is 5.90. The van der Waals surface area contributed by atoms with E-state index < -0.39 is 0 Å². The van der Waals surface area contributed by atoms with Crippen LogP contribution in [0, 0.1) is 0 Å².